The van der Waals surface area contributed by atoms with Gasteiger partial charge in [-0.25, -0.2) is 4.39 Å². The van der Waals surface area contributed by atoms with Gasteiger partial charge in [0.1, 0.15) is 11.4 Å². The van der Waals surface area contributed by atoms with E-state index in [4.69, 9.17) is 9.47 Å². The Morgan fingerprint density at radius 3 is 2.57 bits per heavy atom. The quantitative estimate of drug-likeness (QED) is 0.294. The average Bonchev–Trinajstić information content (AvgIpc) is 3.71. The van der Waals surface area contributed by atoms with Gasteiger partial charge in [-0.3, -0.25) is 24.6 Å². The Morgan fingerprint density at radius 2 is 1.76 bits per heavy atom. The topological polar surface area (TPSA) is 113 Å². The molecule has 3 amide bonds. The largest absolute Gasteiger partial charge is 0.493 e. The highest BCUT2D eigenvalue weighted by Crippen LogP contribution is 2.53. The van der Waals surface area contributed by atoms with Crippen molar-refractivity contribution in [2.45, 2.75) is 24.4 Å². The molecule has 2 fully saturated rings. The number of imide groups is 1. The lowest BCUT2D eigenvalue weighted by Gasteiger charge is -2.29. The van der Waals surface area contributed by atoms with Crippen LogP contribution in [0, 0.1) is 17.7 Å². The number of amides is 3. The van der Waals surface area contributed by atoms with E-state index in [2.05, 4.69) is 15.6 Å². The van der Waals surface area contributed by atoms with Crippen LogP contribution >= 0.6 is 0 Å². The van der Waals surface area contributed by atoms with Crippen molar-refractivity contribution >= 4 is 34.3 Å². The number of hydrogen-bond acceptors (Lipinski definition) is 6. The van der Waals surface area contributed by atoms with Crippen molar-refractivity contribution in [2.24, 2.45) is 11.8 Å². The highest BCUT2D eigenvalue weighted by Gasteiger charge is 2.70. The van der Waals surface area contributed by atoms with Crippen LogP contribution in [-0.2, 0) is 32.8 Å². The molecule has 4 atom stereocenters. The van der Waals surface area contributed by atoms with Crippen LogP contribution in [-0.4, -0.2) is 54.4 Å². The summed E-state index contributed by atoms with van der Waals surface area (Å²) in [6.07, 6.45) is 2.68. The van der Waals surface area contributed by atoms with Gasteiger partial charge in [-0.15, -0.1) is 0 Å². The normalized spacial score (nSPS) is 24.4. The molecule has 0 aliphatic carbocycles. The van der Waals surface area contributed by atoms with Gasteiger partial charge in [-0.1, -0.05) is 24.3 Å². The number of carbonyl (C=O) groups excluding carboxylic acids is 3. The number of benzene rings is 3. The number of carbonyl (C=O) groups is 3. The van der Waals surface area contributed by atoms with Gasteiger partial charge in [0.05, 0.1) is 26.1 Å². The molecular formula is C32H29FN4O5. The SMILES string of the molecule is COc1ccc(CCN2C(=O)C3C(Cc4c[nH]c5ccccc45)NC4(C(=O)Nc5ccc(F)cc54)C3C2=O)cc1OC. The van der Waals surface area contributed by atoms with Crippen molar-refractivity contribution in [3.63, 3.8) is 0 Å². The number of aromatic nitrogens is 1. The number of nitrogens with zero attached hydrogens (tertiary/aromatic N) is 1. The molecule has 4 aromatic rings. The summed E-state index contributed by atoms with van der Waals surface area (Å²) in [6, 6.07) is 16.8. The van der Waals surface area contributed by atoms with Crippen LogP contribution in [0.5, 0.6) is 11.5 Å². The van der Waals surface area contributed by atoms with Gasteiger partial charge in [0.25, 0.3) is 0 Å². The number of anilines is 1. The average molecular weight is 569 g/mol. The van der Waals surface area contributed by atoms with Gasteiger partial charge in [-0.05, 0) is 60.4 Å². The predicted octanol–water partition coefficient (Wildman–Crippen LogP) is 3.53. The highest BCUT2D eigenvalue weighted by molar-refractivity contribution is 6.15. The number of H-pyrrole nitrogens is 1. The first-order valence-electron chi connectivity index (χ1n) is 13.9. The van der Waals surface area contributed by atoms with E-state index >= 15 is 0 Å². The first-order chi connectivity index (χ1) is 20.3. The van der Waals surface area contributed by atoms with E-state index in [0.717, 1.165) is 22.0 Å². The maximum absolute atomic E-state index is 14.6. The lowest BCUT2D eigenvalue weighted by molar-refractivity contribution is -0.142. The molecule has 3 aliphatic heterocycles. The Morgan fingerprint density at radius 1 is 0.952 bits per heavy atom. The minimum atomic E-state index is -1.57. The van der Waals surface area contributed by atoms with Crippen molar-refractivity contribution in [1.82, 2.24) is 15.2 Å². The summed E-state index contributed by atoms with van der Waals surface area (Å²) in [5, 5.41) is 7.23. The number of aromatic amines is 1. The monoisotopic (exact) mass is 568 g/mol. The van der Waals surface area contributed by atoms with E-state index in [9.17, 15) is 18.8 Å². The van der Waals surface area contributed by atoms with Crippen LogP contribution in [0.2, 0.25) is 0 Å². The van der Waals surface area contributed by atoms with Gasteiger partial charge in [0.2, 0.25) is 17.7 Å². The van der Waals surface area contributed by atoms with Crippen LogP contribution in [0.25, 0.3) is 10.9 Å². The molecule has 3 aliphatic rings. The molecule has 4 heterocycles. The molecule has 10 heteroatoms. The molecule has 42 heavy (non-hydrogen) atoms. The van der Waals surface area contributed by atoms with Crippen molar-refractivity contribution < 1.29 is 28.2 Å². The lowest BCUT2D eigenvalue weighted by atomic mass is 9.76. The number of likely N-dealkylation sites (tertiary alicyclic amines) is 1. The molecular weight excluding hydrogens is 539 g/mol. The molecule has 9 nitrogen and oxygen atoms in total. The van der Waals surface area contributed by atoms with Gasteiger partial charge >= 0.3 is 0 Å². The molecule has 0 bridgehead atoms. The minimum absolute atomic E-state index is 0.133. The summed E-state index contributed by atoms with van der Waals surface area (Å²) in [5.41, 5.74) is 1.99. The summed E-state index contributed by atoms with van der Waals surface area (Å²) in [4.78, 5) is 46.5. The van der Waals surface area contributed by atoms with E-state index in [-0.39, 0.29) is 12.5 Å². The Bertz CT molecular complexity index is 1770. The Kier molecular flexibility index (Phi) is 6.05. The first-order valence-corrected chi connectivity index (χ1v) is 13.9. The molecule has 0 radical (unpaired) electrons. The highest BCUT2D eigenvalue weighted by atomic mass is 19.1. The van der Waals surface area contributed by atoms with Crippen molar-refractivity contribution in [1.29, 1.82) is 0 Å². The summed E-state index contributed by atoms with van der Waals surface area (Å²) < 4.78 is 25.3. The van der Waals surface area contributed by atoms with Gasteiger partial charge < -0.3 is 19.8 Å². The number of halogens is 1. The summed E-state index contributed by atoms with van der Waals surface area (Å²) in [5.74, 6) is -2.45. The summed E-state index contributed by atoms with van der Waals surface area (Å²) in [6.45, 7) is 0.133. The summed E-state index contributed by atoms with van der Waals surface area (Å²) in [7, 11) is 3.10. The van der Waals surface area contributed by atoms with E-state index < -0.39 is 41.0 Å². The molecule has 3 N–H and O–H groups in total. The fraction of sp³-hybridized carbons (Fsp3) is 0.281. The summed E-state index contributed by atoms with van der Waals surface area (Å²) >= 11 is 0. The molecule has 214 valence electrons. The first kappa shape index (κ1) is 26.2. The third-order valence-electron chi connectivity index (χ3n) is 8.96. The van der Waals surface area contributed by atoms with E-state index in [0.29, 0.717) is 35.6 Å². The maximum Gasteiger partial charge on any atom is 0.250 e. The number of fused-ring (bicyclic) bond motifs is 5. The number of nitrogens with one attached hydrogen (secondary N) is 3. The lowest BCUT2D eigenvalue weighted by Crippen LogP contribution is -2.53. The molecule has 7 rings (SSSR count). The maximum atomic E-state index is 14.6. The molecule has 0 saturated carbocycles. The van der Waals surface area contributed by atoms with Crippen LogP contribution < -0.4 is 20.1 Å². The van der Waals surface area contributed by atoms with Crippen LogP contribution in [0.1, 0.15) is 16.7 Å². The fourth-order valence-corrected chi connectivity index (χ4v) is 7.04. The Hall–Kier alpha value is -4.70. The van der Waals surface area contributed by atoms with Gasteiger partial charge in [-0.2, -0.15) is 0 Å². The van der Waals surface area contributed by atoms with E-state index in [1.54, 1.807) is 20.3 Å². The second-order valence-electron chi connectivity index (χ2n) is 11.0. The van der Waals surface area contributed by atoms with Crippen molar-refractivity contribution in [3.8, 4) is 11.5 Å². The third-order valence-corrected chi connectivity index (χ3v) is 8.96. The molecule has 1 aromatic heterocycles. The second-order valence-corrected chi connectivity index (χ2v) is 11.0. The van der Waals surface area contributed by atoms with E-state index in [1.165, 1.54) is 23.1 Å². The number of methoxy groups -OCH3 is 2. The number of para-hydroxylation sites is 1. The molecule has 3 aromatic carbocycles. The van der Waals surface area contributed by atoms with Crippen LogP contribution in [0.4, 0.5) is 10.1 Å². The number of hydrogen-bond donors (Lipinski definition) is 3. The third kappa shape index (κ3) is 3.75. The van der Waals surface area contributed by atoms with E-state index in [1.807, 2.05) is 42.6 Å². The zero-order valence-electron chi connectivity index (χ0n) is 23.1. The molecule has 4 unspecified atom stereocenters. The van der Waals surface area contributed by atoms with Gasteiger partial charge in [0.15, 0.2) is 11.5 Å². The number of rotatable bonds is 7. The van der Waals surface area contributed by atoms with Crippen LogP contribution in [0.3, 0.4) is 0 Å². The van der Waals surface area contributed by atoms with Crippen molar-refractivity contribution in [3.05, 3.63) is 89.4 Å². The predicted molar refractivity (Wildman–Crippen MR) is 153 cm³/mol. The Balaban J connectivity index is 1.26. The zero-order valence-corrected chi connectivity index (χ0v) is 23.1. The zero-order chi connectivity index (χ0) is 29.2. The second kappa shape index (κ2) is 9.70. The molecule has 2 saturated heterocycles. The van der Waals surface area contributed by atoms with Crippen LogP contribution in [0.15, 0.2) is 66.9 Å². The smallest absolute Gasteiger partial charge is 0.250 e. The van der Waals surface area contributed by atoms with Gasteiger partial charge in [0, 0.05) is 40.9 Å². The molecule has 1 spiro atoms. The van der Waals surface area contributed by atoms with Crippen molar-refractivity contribution in [2.75, 3.05) is 26.1 Å². The Labute approximate surface area is 241 Å². The fourth-order valence-electron chi connectivity index (χ4n) is 7.04. The minimum Gasteiger partial charge on any atom is -0.493 e. The number of ether oxygens (including phenoxy) is 2. The standard InChI is InChI=1S/C32H29FN4O5/c1-41-25-10-7-17(13-26(25)42-2)11-12-37-29(38)27-24(14-18-16-34-22-6-4-3-5-20(18)22)36-32(28(27)30(37)39)21-15-19(33)8-9-23(21)35-31(32)40/h3-10,13,15-16,24,27-28,34,36H,11-12,14H2,1-2H3,(H,35,40).